The molecule has 2 saturated heterocycles. The lowest BCUT2D eigenvalue weighted by Gasteiger charge is -2.37. The topological polar surface area (TPSA) is 65.5 Å². The molecule has 5 atom stereocenters. The molecule has 154 valence electrons. The number of anilines is 1. The maximum Gasteiger partial charge on any atom is 0.132 e. The Morgan fingerprint density at radius 1 is 1.14 bits per heavy atom. The standard InChI is InChI=1S/C20H31FN6O/c1-20(3-4-20)28-17-9-13-15(10-14(17)21)24-25-19(13)16-11-18(23-12-22-16)27-7-5-26(2)6-8-27/h11-15,17,19,24-25H,3-10H2,1-2H3. The fourth-order valence-corrected chi connectivity index (χ4v) is 4.80. The summed E-state index contributed by atoms with van der Waals surface area (Å²) in [6.45, 7) is 6.15. The molecule has 1 aromatic heterocycles. The van der Waals surface area contributed by atoms with E-state index in [1.54, 1.807) is 6.33 Å². The quantitative estimate of drug-likeness (QED) is 0.806. The Morgan fingerprint density at radius 2 is 1.93 bits per heavy atom. The van der Waals surface area contributed by atoms with Crippen LogP contribution in [0.15, 0.2) is 12.4 Å². The van der Waals surface area contributed by atoms with Gasteiger partial charge in [-0.2, -0.15) is 0 Å². The summed E-state index contributed by atoms with van der Waals surface area (Å²) in [4.78, 5) is 13.7. The van der Waals surface area contributed by atoms with Gasteiger partial charge in [-0.3, -0.25) is 5.43 Å². The van der Waals surface area contributed by atoms with E-state index < -0.39 is 6.17 Å². The second-order valence-electron chi connectivity index (χ2n) is 9.22. The molecule has 3 heterocycles. The van der Waals surface area contributed by atoms with E-state index >= 15 is 0 Å². The molecule has 8 heteroatoms. The molecule has 5 unspecified atom stereocenters. The van der Waals surface area contributed by atoms with Gasteiger partial charge >= 0.3 is 0 Å². The minimum atomic E-state index is -0.905. The number of halogens is 1. The number of alkyl halides is 1. The average molecular weight is 391 g/mol. The first-order chi connectivity index (χ1) is 13.5. The predicted octanol–water partition coefficient (Wildman–Crippen LogP) is 1.43. The molecule has 0 radical (unpaired) electrons. The Labute approximate surface area is 166 Å². The average Bonchev–Trinajstić information content (AvgIpc) is 3.28. The molecule has 4 aliphatic rings. The molecule has 28 heavy (non-hydrogen) atoms. The number of rotatable bonds is 4. The van der Waals surface area contributed by atoms with E-state index in [9.17, 15) is 4.39 Å². The number of hydrazine groups is 1. The molecule has 2 saturated carbocycles. The van der Waals surface area contributed by atoms with E-state index in [2.05, 4.69) is 50.7 Å². The summed E-state index contributed by atoms with van der Waals surface area (Å²) in [5.41, 5.74) is 7.58. The minimum absolute atomic E-state index is 0.0600. The Kier molecular flexibility index (Phi) is 4.77. The van der Waals surface area contributed by atoms with Crippen molar-refractivity contribution >= 4 is 5.82 Å². The van der Waals surface area contributed by atoms with Crippen LogP contribution in [-0.4, -0.2) is 72.0 Å². The number of hydrogen-bond donors (Lipinski definition) is 2. The zero-order chi connectivity index (χ0) is 19.3. The molecule has 0 spiro atoms. The summed E-state index contributed by atoms with van der Waals surface area (Å²) in [7, 11) is 2.15. The summed E-state index contributed by atoms with van der Waals surface area (Å²) in [5.74, 6) is 1.26. The molecule has 4 fully saturated rings. The Morgan fingerprint density at radius 3 is 2.68 bits per heavy atom. The summed E-state index contributed by atoms with van der Waals surface area (Å²) in [5, 5.41) is 0. The van der Waals surface area contributed by atoms with Gasteiger partial charge in [-0.05, 0) is 39.7 Å². The largest absolute Gasteiger partial charge is 0.369 e. The molecule has 1 aromatic rings. The molecule has 2 aliphatic carbocycles. The lowest BCUT2D eigenvalue weighted by molar-refractivity contribution is -0.0886. The van der Waals surface area contributed by atoms with Crippen LogP contribution in [0.5, 0.6) is 0 Å². The lowest BCUT2D eigenvalue weighted by Crippen LogP contribution is -2.45. The predicted molar refractivity (Wildman–Crippen MR) is 105 cm³/mol. The van der Waals surface area contributed by atoms with Crippen LogP contribution < -0.4 is 15.8 Å². The number of aromatic nitrogens is 2. The fourth-order valence-electron chi connectivity index (χ4n) is 4.80. The van der Waals surface area contributed by atoms with E-state index in [1.165, 1.54) is 0 Å². The highest BCUT2D eigenvalue weighted by Crippen LogP contribution is 2.45. The molecule has 0 aromatic carbocycles. The van der Waals surface area contributed by atoms with Crippen LogP contribution in [-0.2, 0) is 4.74 Å². The SMILES string of the molecule is CN1CCN(c2cc(C3NNC4CC(F)C(OC5(C)CC5)CC43)ncn2)CC1. The molecular formula is C20H31FN6O. The first-order valence-electron chi connectivity index (χ1n) is 10.6. The van der Waals surface area contributed by atoms with Gasteiger partial charge < -0.3 is 14.5 Å². The van der Waals surface area contributed by atoms with Gasteiger partial charge in [0.1, 0.15) is 18.3 Å². The number of fused-ring (bicyclic) bond motifs is 1. The van der Waals surface area contributed by atoms with Crippen molar-refractivity contribution in [1.82, 2.24) is 25.7 Å². The zero-order valence-corrected chi connectivity index (χ0v) is 16.8. The van der Waals surface area contributed by atoms with Crippen molar-refractivity contribution in [2.24, 2.45) is 5.92 Å². The Bertz CT molecular complexity index is 708. The molecule has 0 amide bonds. The van der Waals surface area contributed by atoms with Crippen molar-refractivity contribution in [2.75, 3.05) is 38.1 Å². The molecule has 5 rings (SSSR count). The van der Waals surface area contributed by atoms with Crippen molar-refractivity contribution in [2.45, 2.75) is 62.6 Å². The van der Waals surface area contributed by atoms with Crippen molar-refractivity contribution < 1.29 is 9.13 Å². The van der Waals surface area contributed by atoms with Crippen molar-refractivity contribution in [3.05, 3.63) is 18.1 Å². The first kappa shape index (κ1) is 18.7. The number of nitrogens with zero attached hydrogens (tertiary/aromatic N) is 4. The van der Waals surface area contributed by atoms with Gasteiger partial charge in [0.15, 0.2) is 0 Å². The van der Waals surface area contributed by atoms with Gasteiger partial charge in [0.05, 0.1) is 23.4 Å². The maximum absolute atomic E-state index is 14.7. The van der Waals surface area contributed by atoms with Crippen molar-refractivity contribution in [3.8, 4) is 0 Å². The number of nitrogens with one attached hydrogen (secondary N) is 2. The highest BCUT2D eigenvalue weighted by molar-refractivity contribution is 5.40. The Hall–Kier alpha value is -1.35. The first-order valence-corrected chi connectivity index (χ1v) is 10.6. The zero-order valence-electron chi connectivity index (χ0n) is 16.8. The third-order valence-electron chi connectivity index (χ3n) is 6.97. The fraction of sp³-hybridized carbons (Fsp3) is 0.800. The molecular weight excluding hydrogens is 359 g/mol. The van der Waals surface area contributed by atoms with E-state index in [-0.39, 0.29) is 29.7 Å². The normalized spacial score (nSPS) is 37.7. The van der Waals surface area contributed by atoms with Gasteiger partial charge in [0, 0.05) is 44.2 Å². The molecule has 2 aliphatic heterocycles. The summed E-state index contributed by atoms with van der Waals surface area (Å²) in [6, 6.07) is 2.28. The van der Waals surface area contributed by atoms with Crippen LogP contribution in [0, 0.1) is 5.92 Å². The number of ether oxygens (including phenoxy) is 1. The highest BCUT2D eigenvalue weighted by Gasteiger charge is 2.50. The van der Waals surface area contributed by atoms with Crippen LogP contribution in [0.25, 0.3) is 0 Å². The van der Waals surface area contributed by atoms with Crippen LogP contribution in [0.1, 0.15) is 44.3 Å². The van der Waals surface area contributed by atoms with E-state index in [4.69, 9.17) is 4.74 Å². The lowest BCUT2D eigenvalue weighted by atomic mass is 9.78. The summed E-state index contributed by atoms with van der Waals surface area (Å²) >= 11 is 0. The van der Waals surface area contributed by atoms with Crippen LogP contribution in [0.4, 0.5) is 10.2 Å². The highest BCUT2D eigenvalue weighted by atomic mass is 19.1. The van der Waals surface area contributed by atoms with Gasteiger partial charge in [-0.25, -0.2) is 19.8 Å². The second kappa shape index (κ2) is 7.16. The maximum atomic E-state index is 14.7. The van der Waals surface area contributed by atoms with E-state index in [0.29, 0.717) is 6.42 Å². The number of hydrogen-bond acceptors (Lipinski definition) is 7. The van der Waals surface area contributed by atoms with Crippen molar-refractivity contribution in [3.63, 3.8) is 0 Å². The molecule has 7 nitrogen and oxygen atoms in total. The third-order valence-corrected chi connectivity index (χ3v) is 6.97. The van der Waals surface area contributed by atoms with Crippen molar-refractivity contribution in [1.29, 1.82) is 0 Å². The second-order valence-corrected chi connectivity index (χ2v) is 9.22. The summed E-state index contributed by atoms with van der Waals surface area (Å²) in [6.07, 6.45) is 3.76. The smallest absolute Gasteiger partial charge is 0.132 e. The van der Waals surface area contributed by atoms with Gasteiger partial charge in [-0.1, -0.05) is 0 Å². The molecule has 2 N–H and O–H groups in total. The van der Waals surface area contributed by atoms with Gasteiger partial charge in [-0.15, -0.1) is 0 Å². The van der Waals surface area contributed by atoms with E-state index in [0.717, 1.165) is 57.0 Å². The minimum Gasteiger partial charge on any atom is -0.369 e. The summed E-state index contributed by atoms with van der Waals surface area (Å²) < 4.78 is 20.8. The van der Waals surface area contributed by atoms with Crippen LogP contribution in [0.3, 0.4) is 0 Å². The third kappa shape index (κ3) is 3.63. The monoisotopic (exact) mass is 390 g/mol. The molecule has 0 bridgehead atoms. The van der Waals surface area contributed by atoms with Crippen LogP contribution >= 0.6 is 0 Å². The number of piperazine rings is 1. The van der Waals surface area contributed by atoms with Gasteiger partial charge in [0.2, 0.25) is 0 Å². The van der Waals surface area contributed by atoms with Gasteiger partial charge in [0.25, 0.3) is 0 Å². The number of likely N-dealkylation sites (N-methyl/N-ethyl adjacent to an activating group) is 1. The van der Waals surface area contributed by atoms with Crippen LogP contribution in [0.2, 0.25) is 0 Å². The van der Waals surface area contributed by atoms with E-state index in [1.807, 2.05) is 0 Å². The Balaban J connectivity index is 1.31.